The fourth-order valence-electron chi connectivity index (χ4n) is 5.53. The Morgan fingerprint density at radius 1 is 1.04 bits per heavy atom. The molecule has 2 aromatic rings. The molecule has 15 heteroatoms. The lowest BCUT2D eigenvalue weighted by Gasteiger charge is -2.36. The van der Waals surface area contributed by atoms with Crippen molar-refractivity contribution >= 4 is 31.3 Å². The highest BCUT2D eigenvalue weighted by atomic mass is 31.2. The molecule has 3 saturated heterocycles. The predicted molar refractivity (Wildman–Crippen MR) is 170 cm³/mol. The highest BCUT2D eigenvalue weighted by molar-refractivity contribution is 7.54. The van der Waals surface area contributed by atoms with Crippen molar-refractivity contribution in [2.75, 3.05) is 77.3 Å². The molecule has 5 rings (SSSR count). The van der Waals surface area contributed by atoms with Crippen molar-refractivity contribution in [1.29, 1.82) is 0 Å². The van der Waals surface area contributed by atoms with Crippen LogP contribution < -0.4 is 10.2 Å². The molecule has 1 aromatic carbocycles. The molecule has 0 radical (unpaired) electrons. The number of nitrogens with one attached hydrogen (secondary N) is 1. The van der Waals surface area contributed by atoms with E-state index in [1.807, 2.05) is 42.2 Å². The summed E-state index contributed by atoms with van der Waals surface area (Å²) in [5.74, 6) is -0.139. The average Bonchev–Trinajstić information content (AvgIpc) is 3.58. The van der Waals surface area contributed by atoms with E-state index in [0.717, 1.165) is 24.8 Å². The summed E-state index contributed by atoms with van der Waals surface area (Å²) in [5, 5.41) is 2.79. The lowest BCUT2D eigenvalue weighted by atomic mass is 10.2. The van der Waals surface area contributed by atoms with Gasteiger partial charge in [0.15, 0.2) is 5.82 Å². The zero-order valence-corrected chi connectivity index (χ0v) is 27.4. The summed E-state index contributed by atoms with van der Waals surface area (Å²) >= 11 is 0. The Hall–Kier alpha value is -3.58. The molecule has 250 valence electrons. The van der Waals surface area contributed by atoms with Gasteiger partial charge < -0.3 is 38.5 Å². The highest BCUT2D eigenvalue weighted by Crippen LogP contribution is 2.51. The van der Waals surface area contributed by atoms with Gasteiger partial charge in [-0.05, 0) is 19.3 Å². The first-order valence-corrected chi connectivity index (χ1v) is 17.6. The van der Waals surface area contributed by atoms with Crippen molar-refractivity contribution in [3.63, 3.8) is 0 Å². The molecular formula is C31H43N6O8P. The van der Waals surface area contributed by atoms with Gasteiger partial charge in [0.05, 0.1) is 32.1 Å². The Bertz CT molecular complexity index is 1400. The first kappa shape index (κ1) is 33.8. The number of carbonyl (C=O) groups excluding carboxylic acids is 3. The number of hydrogen-bond acceptors (Lipinski definition) is 11. The number of carbonyl (C=O) groups is 3. The lowest BCUT2D eigenvalue weighted by Crippen LogP contribution is -2.57. The summed E-state index contributed by atoms with van der Waals surface area (Å²) in [7, 11) is -1.99. The van der Waals surface area contributed by atoms with Crippen molar-refractivity contribution < 1.29 is 37.5 Å². The number of ether oxygens (including phenoxy) is 2. The minimum Gasteiger partial charge on any atom is -0.449 e. The topological polar surface area (TPSA) is 153 Å². The third kappa shape index (κ3) is 8.61. The number of aromatic nitrogens is 2. The first-order valence-electron chi connectivity index (χ1n) is 15.9. The van der Waals surface area contributed by atoms with Gasteiger partial charge in [0.25, 0.3) is 5.91 Å². The highest BCUT2D eigenvalue weighted by Gasteiger charge is 2.39. The van der Waals surface area contributed by atoms with Crippen molar-refractivity contribution in [3.8, 4) is 11.4 Å². The molecule has 46 heavy (non-hydrogen) atoms. The van der Waals surface area contributed by atoms with Gasteiger partial charge in [0, 0.05) is 58.0 Å². The predicted octanol–water partition coefficient (Wildman–Crippen LogP) is 3.18. The summed E-state index contributed by atoms with van der Waals surface area (Å²) in [4.78, 5) is 54.7. The zero-order chi connectivity index (χ0) is 32.5. The van der Waals surface area contributed by atoms with Crippen LogP contribution in [-0.4, -0.2) is 122 Å². The molecule has 0 unspecified atom stereocenters. The number of rotatable bonds is 11. The standard InChI is InChI=1S/C31H43N6O8P/c1-3-4-17-43-31(40)36-15-13-35(14-16-36)30(39)26(22-46(41)44-18-8-19-45-46)33-29(38)25-20-27(37-12-11-24(21-37)42-2)34-28(32-25)23-9-6-5-7-10-23/h5-7,9-10,20,24,26H,3-4,8,11-19,21-22H2,1-2H3,(H,33,38)/t24-,26-/m0/s1. The van der Waals surface area contributed by atoms with E-state index in [4.69, 9.17) is 23.5 Å². The van der Waals surface area contributed by atoms with E-state index < -0.39 is 31.5 Å². The molecule has 4 heterocycles. The largest absolute Gasteiger partial charge is 0.449 e. The van der Waals surface area contributed by atoms with Gasteiger partial charge in [-0.3, -0.25) is 14.2 Å². The van der Waals surface area contributed by atoms with E-state index in [1.165, 1.54) is 0 Å². The molecule has 3 aliphatic heterocycles. The second-order valence-electron chi connectivity index (χ2n) is 11.5. The second-order valence-corrected chi connectivity index (χ2v) is 13.6. The van der Waals surface area contributed by atoms with Crippen LogP contribution in [0, 0.1) is 0 Å². The molecule has 1 N–H and O–H groups in total. The maximum Gasteiger partial charge on any atom is 0.409 e. The van der Waals surface area contributed by atoms with E-state index in [-0.39, 0.29) is 57.4 Å². The summed E-state index contributed by atoms with van der Waals surface area (Å²) in [6.07, 6.45) is 2.39. The van der Waals surface area contributed by atoms with Gasteiger partial charge in [-0.15, -0.1) is 0 Å². The third-order valence-corrected chi connectivity index (χ3v) is 10.2. The summed E-state index contributed by atoms with van der Waals surface area (Å²) < 4.78 is 35.3. The van der Waals surface area contributed by atoms with Gasteiger partial charge >= 0.3 is 13.7 Å². The Morgan fingerprint density at radius 2 is 1.76 bits per heavy atom. The van der Waals surface area contributed by atoms with E-state index >= 15 is 0 Å². The Balaban J connectivity index is 1.36. The van der Waals surface area contributed by atoms with Crippen molar-refractivity contribution in [1.82, 2.24) is 25.1 Å². The van der Waals surface area contributed by atoms with Crippen LogP contribution in [0.2, 0.25) is 0 Å². The van der Waals surface area contributed by atoms with E-state index in [1.54, 1.807) is 23.0 Å². The van der Waals surface area contributed by atoms with Gasteiger partial charge in [-0.1, -0.05) is 43.7 Å². The van der Waals surface area contributed by atoms with Gasteiger partial charge in [-0.2, -0.15) is 0 Å². The van der Waals surface area contributed by atoms with Crippen LogP contribution in [0.25, 0.3) is 11.4 Å². The van der Waals surface area contributed by atoms with Crippen LogP contribution in [0.3, 0.4) is 0 Å². The first-order chi connectivity index (χ1) is 22.3. The molecule has 2 atom stereocenters. The minimum atomic E-state index is -3.66. The molecule has 1 aromatic heterocycles. The number of unbranched alkanes of at least 4 members (excludes halogenated alkanes) is 1. The molecule has 0 aliphatic carbocycles. The van der Waals surface area contributed by atoms with Gasteiger partial charge in [0.2, 0.25) is 5.91 Å². The number of piperazine rings is 1. The summed E-state index contributed by atoms with van der Waals surface area (Å²) in [5.41, 5.74) is 0.791. The van der Waals surface area contributed by atoms with Crippen LogP contribution >= 0.6 is 7.60 Å². The molecule has 0 saturated carbocycles. The molecule has 0 spiro atoms. The van der Waals surface area contributed by atoms with Gasteiger partial charge in [-0.25, -0.2) is 14.8 Å². The van der Waals surface area contributed by atoms with Crippen LogP contribution in [0.4, 0.5) is 10.6 Å². The molecular weight excluding hydrogens is 615 g/mol. The quantitative estimate of drug-likeness (QED) is 0.280. The number of benzene rings is 1. The number of methoxy groups -OCH3 is 1. The van der Waals surface area contributed by atoms with Crippen LogP contribution in [0.1, 0.15) is 43.1 Å². The number of hydrogen-bond donors (Lipinski definition) is 1. The number of amides is 3. The minimum absolute atomic E-state index is 0.0424. The Labute approximate surface area is 269 Å². The molecule has 14 nitrogen and oxygen atoms in total. The van der Waals surface area contributed by atoms with Crippen LogP contribution in [0.15, 0.2) is 36.4 Å². The van der Waals surface area contributed by atoms with Crippen molar-refractivity contribution in [2.45, 2.75) is 44.8 Å². The summed E-state index contributed by atoms with van der Waals surface area (Å²) in [6.45, 7) is 5.14. The number of anilines is 1. The SMILES string of the molecule is CCCCOC(=O)N1CCN(C(=O)[C@H](CP2(=O)OCCCO2)NC(=O)c2cc(N3CC[C@H](OC)C3)nc(-c3ccccc3)n2)CC1. The average molecular weight is 659 g/mol. The summed E-state index contributed by atoms with van der Waals surface area (Å²) in [6, 6.07) is 9.71. The Kier molecular flexibility index (Phi) is 11.6. The fourth-order valence-corrected chi connectivity index (χ4v) is 7.33. The molecule has 3 fully saturated rings. The molecule has 3 aliphatic rings. The smallest absolute Gasteiger partial charge is 0.409 e. The Morgan fingerprint density at radius 3 is 2.43 bits per heavy atom. The van der Waals surface area contributed by atoms with Crippen LogP contribution in [0.5, 0.6) is 0 Å². The van der Waals surface area contributed by atoms with E-state index in [2.05, 4.69) is 10.3 Å². The third-order valence-electron chi connectivity index (χ3n) is 8.23. The zero-order valence-electron chi connectivity index (χ0n) is 26.5. The second kappa shape index (κ2) is 15.8. The number of nitrogens with zero attached hydrogens (tertiary/aromatic N) is 5. The normalized spacial score (nSPS) is 20.3. The molecule has 0 bridgehead atoms. The maximum absolute atomic E-state index is 13.9. The van der Waals surface area contributed by atoms with E-state index in [0.29, 0.717) is 37.8 Å². The monoisotopic (exact) mass is 658 g/mol. The van der Waals surface area contributed by atoms with Gasteiger partial charge in [0.1, 0.15) is 17.6 Å². The van der Waals surface area contributed by atoms with E-state index in [9.17, 15) is 18.9 Å². The van der Waals surface area contributed by atoms with Crippen molar-refractivity contribution in [2.24, 2.45) is 0 Å². The van der Waals surface area contributed by atoms with Crippen LogP contribution in [-0.2, 0) is 27.9 Å². The van der Waals surface area contributed by atoms with Crippen molar-refractivity contribution in [3.05, 3.63) is 42.1 Å². The molecule has 3 amide bonds. The lowest BCUT2D eigenvalue weighted by molar-refractivity contribution is -0.134. The fraction of sp³-hybridized carbons (Fsp3) is 0.581. The maximum atomic E-state index is 13.9.